The molecule has 0 aliphatic carbocycles. The number of amides is 1. The number of nitrogens with zero attached hydrogens (tertiary/aromatic N) is 1. The molecule has 0 atom stereocenters. The van der Waals surface area contributed by atoms with E-state index in [2.05, 4.69) is 15.6 Å². The summed E-state index contributed by atoms with van der Waals surface area (Å²) in [5, 5.41) is 5.71. The van der Waals surface area contributed by atoms with Crippen molar-refractivity contribution < 1.29 is 14.3 Å². The summed E-state index contributed by atoms with van der Waals surface area (Å²) in [5.74, 6) is 0.866. The number of aromatic nitrogens is 1. The second-order valence-corrected chi connectivity index (χ2v) is 4.20. The third kappa shape index (κ3) is 3.42. The van der Waals surface area contributed by atoms with E-state index in [1.807, 2.05) is 0 Å². The number of ether oxygens (including phenoxy) is 2. The van der Waals surface area contributed by atoms with Crippen molar-refractivity contribution in [2.45, 2.75) is 0 Å². The molecule has 2 aromatic rings. The van der Waals surface area contributed by atoms with Gasteiger partial charge in [-0.05, 0) is 24.3 Å². The minimum Gasteiger partial charge on any atom is -0.497 e. The number of anilines is 2. The van der Waals surface area contributed by atoms with Gasteiger partial charge in [-0.2, -0.15) is 0 Å². The predicted molar refractivity (Wildman–Crippen MR) is 81.3 cm³/mol. The van der Waals surface area contributed by atoms with E-state index in [1.54, 1.807) is 50.7 Å². The lowest BCUT2D eigenvalue weighted by atomic mass is 10.2. The molecule has 2 rings (SSSR count). The molecule has 110 valence electrons. The molecule has 0 radical (unpaired) electrons. The number of hydrogen-bond acceptors (Lipinski definition) is 5. The topological polar surface area (TPSA) is 72.5 Å². The van der Waals surface area contributed by atoms with Crippen molar-refractivity contribution in [1.29, 1.82) is 0 Å². The highest BCUT2D eigenvalue weighted by atomic mass is 16.5. The fourth-order valence-electron chi connectivity index (χ4n) is 1.77. The molecule has 6 nitrogen and oxygen atoms in total. The molecular weight excluding hydrogens is 270 g/mol. The van der Waals surface area contributed by atoms with E-state index in [4.69, 9.17) is 9.47 Å². The standard InChI is InChI=1S/C15H17N3O3/c1-16-10-4-6-12(17-9-10)15(19)18-13-8-11(20-2)5-7-14(13)21-3/h4-9,16H,1-3H3,(H,18,19). The molecule has 1 amide bonds. The summed E-state index contributed by atoms with van der Waals surface area (Å²) in [6.45, 7) is 0. The molecule has 0 bridgehead atoms. The number of rotatable bonds is 5. The van der Waals surface area contributed by atoms with Crippen LogP contribution < -0.4 is 20.1 Å². The highest BCUT2D eigenvalue weighted by Gasteiger charge is 2.12. The Kier molecular flexibility index (Phi) is 4.61. The normalized spacial score (nSPS) is 9.86. The van der Waals surface area contributed by atoms with E-state index in [0.717, 1.165) is 5.69 Å². The maximum atomic E-state index is 12.2. The van der Waals surface area contributed by atoms with E-state index in [1.165, 1.54) is 7.11 Å². The number of carbonyl (C=O) groups excluding carboxylic acids is 1. The third-order valence-electron chi connectivity index (χ3n) is 2.94. The van der Waals surface area contributed by atoms with Gasteiger partial charge in [-0.1, -0.05) is 0 Å². The van der Waals surface area contributed by atoms with Gasteiger partial charge in [0.05, 0.1) is 31.8 Å². The average molecular weight is 287 g/mol. The minimum atomic E-state index is -0.316. The Balaban J connectivity index is 2.21. The summed E-state index contributed by atoms with van der Waals surface area (Å²) in [5.41, 5.74) is 1.69. The third-order valence-corrected chi connectivity index (χ3v) is 2.94. The maximum Gasteiger partial charge on any atom is 0.274 e. The Morgan fingerprint density at radius 1 is 1.14 bits per heavy atom. The molecule has 0 aliphatic rings. The Morgan fingerprint density at radius 2 is 1.95 bits per heavy atom. The van der Waals surface area contributed by atoms with Crippen LogP contribution in [0.1, 0.15) is 10.5 Å². The molecule has 0 spiro atoms. The van der Waals surface area contributed by atoms with Gasteiger partial charge in [-0.3, -0.25) is 4.79 Å². The molecule has 1 aromatic heterocycles. The smallest absolute Gasteiger partial charge is 0.274 e. The zero-order valence-corrected chi connectivity index (χ0v) is 12.1. The van der Waals surface area contributed by atoms with Crippen LogP contribution in [0.3, 0.4) is 0 Å². The Bertz CT molecular complexity index is 627. The van der Waals surface area contributed by atoms with Gasteiger partial charge >= 0.3 is 0 Å². The lowest BCUT2D eigenvalue weighted by Crippen LogP contribution is -2.14. The number of pyridine rings is 1. The van der Waals surface area contributed by atoms with Crippen molar-refractivity contribution in [2.24, 2.45) is 0 Å². The van der Waals surface area contributed by atoms with Gasteiger partial charge < -0.3 is 20.1 Å². The van der Waals surface area contributed by atoms with Crippen LogP contribution in [0.4, 0.5) is 11.4 Å². The molecular formula is C15H17N3O3. The van der Waals surface area contributed by atoms with Gasteiger partial charge in [0.15, 0.2) is 0 Å². The molecule has 0 saturated heterocycles. The van der Waals surface area contributed by atoms with Crippen LogP contribution in [-0.4, -0.2) is 32.2 Å². The quantitative estimate of drug-likeness (QED) is 0.883. The summed E-state index contributed by atoms with van der Waals surface area (Å²) in [7, 11) is 4.89. The van der Waals surface area contributed by atoms with Crippen LogP contribution in [0.15, 0.2) is 36.5 Å². The van der Waals surface area contributed by atoms with E-state index in [-0.39, 0.29) is 5.91 Å². The molecule has 21 heavy (non-hydrogen) atoms. The van der Waals surface area contributed by atoms with Crippen molar-refractivity contribution in [3.8, 4) is 11.5 Å². The number of hydrogen-bond donors (Lipinski definition) is 2. The number of benzene rings is 1. The predicted octanol–water partition coefficient (Wildman–Crippen LogP) is 2.39. The first-order valence-corrected chi connectivity index (χ1v) is 6.35. The largest absolute Gasteiger partial charge is 0.497 e. The zero-order chi connectivity index (χ0) is 15.2. The average Bonchev–Trinajstić information content (AvgIpc) is 2.54. The SMILES string of the molecule is CNc1ccc(C(=O)Nc2cc(OC)ccc2OC)nc1. The van der Waals surface area contributed by atoms with Gasteiger partial charge in [-0.25, -0.2) is 4.98 Å². The second-order valence-electron chi connectivity index (χ2n) is 4.20. The zero-order valence-electron chi connectivity index (χ0n) is 12.1. The lowest BCUT2D eigenvalue weighted by Gasteiger charge is -2.11. The molecule has 0 saturated carbocycles. The van der Waals surface area contributed by atoms with E-state index in [0.29, 0.717) is 22.9 Å². The summed E-state index contributed by atoms with van der Waals surface area (Å²) in [6.07, 6.45) is 1.59. The van der Waals surface area contributed by atoms with Crippen LogP contribution >= 0.6 is 0 Å². The Hall–Kier alpha value is -2.76. The van der Waals surface area contributed by atoms with Crippen LogP contribution in [0.25, 0.3) is 0 Å². The van der Waals surface area contributed by atoms with Crippen LogP contribution in [0.2, 0.25) is 0 Å². The van der Waals surface area contributed by atoms with E-state index in [9.17, 15) is 4.79 Å². The van der Waals surface area contributed by atoms with Gasteiger partial charge in [-0.15, -0.1) is 0 Å². The lowest BCUT2D eigenvalue weighted by molar-refractivity contribution is 0.102. The van der Waals surface area contributed by atoms with Gasteiger partial charge in [0.25, 0.3) is 5.91 Å². The molecule has 0 unspecified atom stereocenters. The maximum absolute atomic E-state index is 12.2. The minimum absolute atomic E-state index is 0.316. The first kappa shape index (κ1) is 14.6. The van der Waals surface area contributed by atoms with Gasteiger partial charge in [0.1, 0.15) is 17.2 Å². The van der Waals surface area contributed by atoms with E-state index >= 15 is 0 Å². The monoisotopic (exact) mass is 287 g/mol. The molecule has 2 N–H and O–H groups in total. The fraction of sp³-hybridized carbons (Fsp3) is 0.200. The van der Waals surface area contributed by atoms with Crippen molar-refractivity contribution in [2.75, 3.05) is 31.9 Å². The van der Waals surface area contributed by atoms with Crippen molar-refractivity contribution in [3.05, 3.63) is 42.2 Å². The Labute approximate surface area is 123 Å². The highest BCUT2D eigenvalue weighted by molar-refractivity contribution is 6.03. The van der Waals surface area contributed by atoms with Crippen molar-refractivity contribution in [1.82, 2.24) is 4.98 Å². The van der Waals surface area contributed by atoms with Crippen LogP contribution in [0.5, 0.6) is 11.5 Å². The fourth-order valence-corrected chi connectivity index (χ4v) is 1.77. The second kappa shape index (κ2) is 6.60. The number of methoxy groups -OCH3 is 2. The first-order chi connectivity index (χ1) is 10.2. The van der Waals surface area contributed by atoms with Crippen molar-refractivity contribution >= 4 is 17.3 Å². The van der Waals surface area contributed by atoms with E-state index < -0.39 is 0 Å². The van der Waals surface area contributed by atoms with Gasteiger partial charge in [0, 0.05) is 13.1 Å². The summed E-state index contributed by atoms with van der Waals surface area (Å²) >= 11 is 0. The van der Waals surface area contributed by atoms with Crippen molar-refractivity contribution in [3.63, 3.8) is 0 Å². The summed E-state index contributed by atoms with van der Waals surface area (Å²) < 4.78 is 10.4. The Morgan fingerprint density at radius 3 is 2.52 bits per heavy atom. The van der Waals surface area contributed by atoms with Crippen LogP contribution in [0, 0.1) is 0 Å². The molecule has 1 aromatic carbocycles. The summed E-state index contributed by atoms with van der Waals surface area (Å²) in [4.78, 5) is 16.3. The highest BCUT2D eigenvalue weighted by Crippen LogP contribution is 2.29. The molecule has 0 fully saturated rings. The van der Waals surface area contributed by atoms with Crippen LogP contribution in [-0.2, 0) is 0 Å². The number of carbonyl (C=O) groups is 1. The number of nitrogens with one attached hydrogen (secondary N) is 2. The molecule has 6 heteroatoms. The molecule has 1 heterocycles. The van der Waals surface area contributed by atoms with Gasteiger partial charge in [0.2, 0.25) is 0 Å². The first-order valence-electron chi connectivity index (χ1n) is 6.35. The summed E-state index contributed by atoms with van der Waals surface area (Å²) in [6, 6.07) is 8.61. The molecule has 0 aliphatic heterocycles.